The van der Waals surface area contributed by atoms with E-state index in [9.17, 15) is 0 Å². The van der Waals surface area contributed by atoms with Gasteiger partial charge in [-0.1, -0.05) is 24.3 Å². The largest absolute Gasteiger partial charge is 0.455 e. The number of hydrogen-bond donors (Lipinski definition) is 0. The van der Waals surface area contributed by atoms with E-state index in [1.807, 2.05) is 25.1 Å². The Balaban J connectivity index is 1.93. The van der Waals surface area contributed by atoms with Crippen molar-refractivity contribution in [2.75, 3.05) is 13.2 Å². The lowest BCUT2D eigenvalue weighted by molar-refractivity contribution is -0.162. The Labute approximate surface area is 110 Å². The van der Waals surface area contributed by atoms with Crippen LogP contribution in [0.25, 0.3) is 21.7 Å². The van der Waals surface area contributed by atoms with Crippen molar-refractivity contribution in [3.63, 3.8) is 0 Å². The molecule has 0 aliphatic carbocycles. The molecule has 1 saturated heterocycles. The molecule has 0 saturated carbocycles. The standard InChI is InChI=1S/C16H14O3/c1-16(17-6-7-18-16)15-10-13-8-11-4-2-3-5-12(11)9-14(13)19-15/h2-5,8-10H,6-7H2,1H3. The highest BCUT2D eigenvalue weighted by atomic mass is 16.7. The van der Waals surface area contributed by atoms with E-state index in [0.717, 1.165) is 16.7 Å². The summed E-state index contributed by atoms with van der Waals surface area (Å²) >= 11 is 0. The smallest absolute Gasteiger partial charge is 0.225 e. The average Bonchev–Trinajstić information content (AvgIpc) is 3.03. The van der Waals surface area contributed by atoms with Crippen LogP contribution >= 0.6 is 0 Å². The van der Waals surface area contributed by atoms with Crippen LogP contribution in [-0.2, 0) is 15.3 Å². The fraction of sp³-hybridized carbons (Fsp3) is 0.250. The SMILES string of the molecule is CC1(c2cc3cc4ccccc4cc3o2)OCCO1. The molecule has 4 rings (SSSR count). The van der Waals surface area contributed by atoms with Gasteiger partial charge in [-0.15, -0.1) is 0 Å². The molecule has 0 radical (unpaired) electrons. The zero-order valence-corrected chi connectivity index (χ0v) is 10.7. The molecule has 1 aromatic heterocycles. The number of ether oxygens (including phenoxy) is 2. The third-order valence-electron chi connectivity index (χ3n) is 3.67. The fourth-order valence-corrected chi connectivity index (χ4v) is 2.61. The minimum atomic E-state index is -0.745. The third-order valence-corrected chi connectivity index (χ3v) is 3.67. The van der Waals surface area contributed by atoms with Gasteiger partial charge in [0.2, 0.25) is 5.79 Å². The first-order valence-corrected chi connectivity index (χ1v) is 6.45. The molecular formula is C16H14O3. The van der Waals surface area contributed by atoms with E-state index in [-0.39, 0.29) is 0 Å². The molecule has 1 aliphatic heterocycles. The highest BCUT2D eigenvalue weighted by Crippen LogP contribution is 2.35. The maximum absolute atomic E-state index is 5.91. The van der Waals surface area contributed by atoms with Crippen LogP contribution in [0.3, 0.4) is 0 Å². The molecule has 2 aromatic carbocycles. The van der Waals surface area contributed by atoms with Crippen molar-refractivity contribution in [2.45, 2.75) is 12.7 Å². The van der Waals surface area contributed by atoms with Crippen molar-refractivity contribution in [3.8, 4) is 0 Å². The van der Waals surface area contributed by atoms with E-state index in [4.69, 9.17) is 13.9 Å². The molecule has 1 fully saturated rings. The molecule has 3 heteroatoms. The highest BCUT2D eigenvalue weighted by molar-refractivity contribution is 5.96. The molecule has 2 heterocycles. The summed E-state index contributed by atoms with van der Waals surface area (Å²) in [4.78, 5) is 0. The second kappa shape index (κ2) is 3.83. The van der Waals surface area contributed by atoms with Gasteiger partial charge in [-0.25, -0.2) is 0 Å². The van der Waals surface area contributed by atoms with Gasteiger partial charge < -0.3 is 13.9 Å². The number of hydrogen-bond acceptors (Lipinski definition) is 3. The molecule has 0 spiro atoms. The average molecular weight is 254 g/mol. The lowest BCUT2D eigenvalue weighted by Gasteiger charge is -2.18. The molecule has 3 aromatic rings. The summed E-state index contributed by atoms with van der Waals surface area (Å²) in [7, 11) is 0. The van der Waals surface area contributed by atoms with E-state index in [0.29, 0.717) is 13.2 Å². The summed E-state index contributed by atoms with van der Waals surface area (Å²) < 4.78 is 17.2. The Kier molecular flexibility index (Phi) is 2.22. The minimum Gasteiger partial charge on any atom is -0.455 e. The number of rotatable bonds is 1. The molecular weight excluding hydrogens is 240 g/mol. The van der Waals surface area contributed by atoms with Crippen LogP contribution in [0.4, 0.5) is 0 Å². The zero-order valence-electron chi connectivity index (χ0n) is 10.7. The first-order valence-electron chi connectivity index (χ1n) is 6.45. The molecule has 3 nitrogen and oxygen atoms in total. The van der Waals surface area contributed by atoms with Crippen molar-refractivity contribution < 1.29 is 13.9 Å². The Hall–Kier alpha value is -1.84. The molecule has 1 aliphatic rings. The van der Waals surface area contributed by atoms with E-state index < -0.39 is 5.79 Å². The first-order chi connectivity index (χ1) is 9.24. The van der Waals surface area contributed by atoms with E-state index in [1.165, 1.54) is 10.8 Å². The van der Waals surface area contributed by atoms with Gasteiger partial charge in [0.25, 0.3) is 0 Å². The van der Waals surface area contributed by atoms with Crippen LogP contribution in [0.5, 0.6) is 0 Å². The van der Waals surface area contributed by atoms with Crippen molar-refractivity contribution in [1.82, 2.24) is 0 Å². The maximum atomic E-state index is 5.91. The van der Waals surface area contributed by atoms with E-state index in [2.05, 4.69) is 24.3 Å². The molecule has 0 atom stereocenters. The summed E-state index contributed by atoms with van der Waals surface area (Å²) in [5.41, 5.74) is 0.869. The Morgan fingerprint density at radius 1 is 0.895 bits per heavy atom. The Morgan fingerprint density at radius 3 is 2.32 bits per heavy atom. The number of benzene rings is 2. The number of furan rings is 1. The predicted molar refractivity (Wildman–Crippen MR) is 73.0 cm³/mol. The normalized spacial score (nSPS) is 18.4. The zero-order chi connectivity index (χ0) is 12.9. The second-order valence-electron chi connectivity index (χ2n) is 4.99. The van der Waals surface area contributed by atoms with Gasteiger partial charge in [0.05, 0.1) is 13.2 Å². The van der Waals surface area contributed by atoms with Crippen molar-refractivity contribution in [1.29, 1.82) is 0 Å². The van der Waals surface area contributed by atoms with Gasteiger partial charge in [0.1, 0.15) is 5.58 Å². The molecule has 19 heavy (non-hydrogen) atoms. The van der Waals surface area contributed by atoms with Crippen molar-refractivity contribution >= 4 is 21.7 Å². The lowest BCUT2D eigenvalue weighted by Crippen LogP contribution is -2.21. The van der Waals surface area contributed by atoms with Crippen molar-refractivity contribution in [2.24, 2.45) is 0 Å². The van der Waals surface area contributed by atoms with Gasteiger partial charge >= 0.3 is 0 Å². The summed E-state index contributed by atoms with van der Waals surface area (Å²) in [5, 5.41) is 3.46. The number of fused-ring (bicyclic) bond motifs is 2. The van der Waals surface area contributed by atoms with Crippen LogP contribution in [0.2, 0.25) is 0 Å². The Bertz CT molecular complexity index is 698. The van der Waals surface area contributed by atoms with Crippen LogP contribution in [0.1, 0.15) is 12.7 Å². The maximum Gasteiger partial charge on any atom is 0.225 e. The second-order valence-corrected chi connectivity index (χ2v) is 4.99. The third kappa shape index (κ3) is 1.66. The van der Waals surface area contributed by atoms with Gasteiger partial charge in [-0.2, -0.15) is 0 Å². The van der Waals surface area contributed by atoms with Crippen LogP contribution < -0.4 is 0 Å². The summed E-state index contributed by atoms with van der Waals surface area (Å²) in [5.74, 6) is -0.0131. The predicted octanol–water partition coefficient (Wildman–Crippen LogP) is 3.81. The molecule has 0 unspecified atom stereocenters. The topological polar surface area (TPSA) is 31.6 Å². The van der Waals surface area contributed by atoms with E-state index >= 15 is 0 Å². The van der Waals surface area contributed by atoms with Crippen molar-refractivity contribution in [3.05, 3.63) is 48.2 Å². The monoisotopic (exact) mass is 254 g/mol. The van der Waals surface area contributed by atoms with Crippen LogP contribution in [0.15, 0.2) is 46.9 Å². The minimum absolute atomic E-state index is 0.607. The summed E-state index contributed by atoms with van der Waals surface area (Å²) in [6.45, 7) is 3.11. The molecule has 0 N–H and O–H groups in total. The van der Waals surface area contributed by atoms with Crippen LogP contribution in [-0.4, -0.2) is 13.2 Å². The quantitative estimate of drug-likeness (QED) is 0.661. The van der Waals surface area contributed by atoms with E-state index in [1.54, 1.807) is 0 Å². The molecule has 0 bridgehead atoms. The van der Waals surface area contributed by atoms with Gasteiger partial charge in [0.15, 0.2) is 5.76 Å². The lowest BCUT2D eigenvalue weighted by atomic mass is 10.1. The summed E-state index contributed by atoms with van der Waals surface area (Å²) in [6.07, 6.45) is 0. The molecule has 0 amide bonds. The highest BCUT2D eigenvalue weighted by Gasteiger charge is 2.36. The van der Waals surface area contributed by atoms with Gasteiger partial charge in [-0.3, -0.25) is 0 Å². The Morgan fingerprint density at radius 2 is 1.58 bits per heavy atom. The van der Waals surface area contributed by atoms with Gasteiger partial charge in [-0.05, 0) is 35.9 Å². The summed E-state index contributed by atoms with van der Waals surface area (Å²) in [6, 6.07) is 14.5. The fourth-order valence-electron chi connectivity index (χ4n) is 2.61. The van der Waals surface area contributed by atoms with Gasteiger partial charge in [0, 0.05) is 5.39 Å². The first kappa shape index (κ1) is 11.0. The molecule has 96 valence electrons. The van der Waals surface area contributed by atoms with Crippen LogP contribution in [0, 0.1) is 0 Å².